The fraction of sp³-hybridized carbons (Fsp3) is 0.308. The van der Waals surface area contributed by atoms with E-state index in [9.17, 15) is 8.42 Å². The Bertz CT molecular complexity index is 666. The first-order valence-corrected chi connectivity index (χ1v) is 8.18. The van der Waals surface area contributed by atoms with Crippen LogP contribution in [-0.2, 0) is 16.3 Å². The minimum absolute atomic E-state index is 0.161. The summed E-state index contributed by atoms with van der Waals surface area (Å²) >= 11 is 0. The Hall–Kier alpha value is -2.02. The maximum absolute atomic E-state index is 11.6. The van der Waals surface area contributed by atoms with Gasteiger partial charge >= 0.3 is 0 Å². The van der Waals surface area contributed by atoms with Crippen LogP contribution in [0.3, 0.4) is 0 Å². The number of hydrogen-bond donors (Lipinski definition) is 3. The zero-order chi connectivity index (χ0) is 14.6. The van der Waals surface area contributed by atoms with Crippen LogP contribution < -0.4 is 11.1 Å². The highest BCUT2D eigenvalue weighted by molar-refractivity contribution is 7.90. The molecule has 7 heteroatoms. The molecule has 2 aromatic rings. The van der Waals surface area contributed by atoms with E-state index in [2.05, 4.69) is 15.3 Å². The lowest BCUT2D eigenvalue weighted by Crippen LogP contribution is -2.09. The molecule has 1 aromatic carbocycles. The summed E-state index contributed by atoms with van der Waals surface area (Å²) in [5, 5.41) is 3.16. The molecular weight excluding hydrogens is 276 g/mol. The van der Waals surface area contributed by atoms with E-state index in [0.29, 0.717) is 12.2 Å². The van der Waals surface area contributed by atoms with Gasteiger partial charge in [-0.2, -0.15) is 0 Å². The van der Waals surface area contributed by atoms with Crippen molar-refractivity contribution in [3.63, 3.8) is 0 Å². The van der Waals surface area contributed by atoms with E-state index in [4.69, 9.17) is 5.73 Å². The number of para-hydroxylation sites is 1. The standard InChI is InChI=1S/C13H18N4O2S/c1-20(18,19)11-5-2-4-10(13(11)14)15-7-3-6-12-16-8-9-17-12/h2,4-5,8-9,15H,3,6-7,14H2,1H3,(H,16,17). The van der Waals surface area contributed by atoms with Gasteiger partial charge in [0.1, 0.15) is 5.82 Å². The van der Waals surface area contributed by atoms with Gasteiger partial charge in [0.05, 0.1) is 16.3 Å². The van der Waals surface area contributed by atoms with Gasteiger partial charge in [0.2, 0.25) is 0 Å². The van der Waals surface area contributed by atoms with Crippen molar-refractivity contribution >= 4 is 21.2 Å². The fourth-order valence-corrected chi connectivity index (χ4v) is 2.77. The molecule has 4 N–H and O–H groups in total. The van der Waals surface area contributed by atoms with Crippen molar-refractivity contribution in [2.75, 3.05) is 23.9 Å². The van der Waals surface area contributed by atoms with Gasteiger partial charge in [0.25, 0.3) is 0 Å². The molecule has 2 rings (SSSR count). The first-order chi connectivity index (χ1) is 9.48. The number of H-pyrrole nitrogens is 1. The Morgan fingerprint density at radius 1 is 1.40 bits per heavy atom. The third-order valence-corrected chi connectivity index (χ3v) is 4.08. The van der Waals surface area contributed by atoms with Gasteiger partial charge in [0, 0.05) is 31.6 Å². The summed E-state index contributed by atoms with van der Waals surface area (Å²) in [6, 6.07) is 4.97. The third-order valence-electron chi connectivity index (χ3n) is 2.93. The Kier molecular flexibility index (Phi) is 4.29. The van der Waals surface area contributed by atoms with Crippen LogP contribution in [0.1, 0.15) is 12.2 Å². The predicted octanol–water partition coefficient (Wildman–Crippen LogP) is 1.44. The normalized spacial score (nSPS) is 11.4. The van der Waals surface area contributed by atoms with Crippen LogP contribution in [-0.4, -0.2) is 31.2 Å². The molecule has 0 aliphatic heterocycles. The maximum atomic E-state index is 11.6. The third kappa shape index (κ3) is 3.51. The Labute approximate surface area is 118 Å². The van der Waals surface area contributed by atoms with Crippen LogP contribution >= 0.6 is 0 Å². The first kappa shape index (κ1) is 14.4. The summed E-state index contributed by atoms with van der Waals surface area (Å²) in [7, 11) is -3.30. The summed E-state index contributed by atoms with van der Waals surface area (Å²) < 4.78 is 23.1. The number of hydrogen-bond acceptors (Lipinski definition) is 5. The number of sulfone groups is 1. The molecule has 1 heterocycles. The van der Waals surface area contributed by atoms with Crippen molar-refractivity contribution in [3.8, 4) is 0 Å². The molecular formula is C13H18N4O2S. The molecule has 1 aromatic heterocycles. The first-order valence-electron chi connectivity index (χ1n) is 6.29. The van der Waals surface area contributed by atoms with E-state index in [1.165, 1.54) is 6.07 Å². The second-order valence-corrected chi connectivity index (χ2v) is 6.54. The van der Waals surface area contributed by atoms with Crippen LogP contribution in [0.25, 0.3) is 0 Å². The molecule has 0 unspecified atom stereocenters. The van der Waals surface area contributed by atoms with Crippen molar-refractivity contribution in [2.45, 2.75) is 17.7 Å². The highest BCUT2D eigenvalue weighted by Crippen LogP contribution is 2.26. The number of aromatic amines is 1. The number of anilines is 2. The SMILES string of the molecule is CS(=O)(=O)c1cccc(NCCCc2ncc[nH]2)c1N. The summed E-state index contributed by atoms with van der Waals surface area (Å²) in [4.78, 5) is 7.33. The van der Waals surface area contributed by atoms with Crippen LogP contribution in [0.4, 0.5) is 11.4 Å². The minimum Gasteiger partial charge on any atom is -0.396 e. The lowest BCUT2D eigenvalue weighted by molar-refractivity contribution is 0.602. The molecule has 108 valence electrons. The van der Waals surface area contributed by atoms with E-state index < -0.39 is 9.84 Å². The topological polar surface area (TPSA) is 101 Å². The monoisotopic (exact) mass is 294 g/mol. The molecule has 0 aliphatic rings. The van der Waals surface area contributed by atoms with Crippen LogP contribution in [0.15, 0.2) is 35.5 Å². The highest BCUT2D eigenvalue weighted by Gasteiger charge is 2.13. The van der Waals surface area contributed by atoms with Crippen molar-refractivity contribution in [2.24, 2.45) is 0 Å². The zero-order valence-electron chi connectivity index (χ0n) is 11.3. The zero-order valence-corrected chi connectivity index (χ0v) is 12.1. The fourth-order valence-electron chi connectivity index (χ4n) is 1.94. The Morgan fingerprint density at radius 3 is 2.85 bits per heavy atom. The quantitative estimate of drug-likeness (QED) is 0.553. The van der Waals surface area contributed by atoms with Gasteiger partial charge in [-0.25, -0.2) is 13.4 Å². The number of nitrogens with zero attached hydrogens (tertiary/aromatic N) is 1. The molecule has 0 saturated heterocycles. The van der Waals surface area contributed by atoms with Gasteiger partial charge in [-0.1, -0.05) is 6.07 Å². The predicted molar refractivity (Wildman–Crippen MR) is 79.4 cm³/mol. The number of rotatable bonds is 6. The number of benzene rings is 1. The number of aromatic nitrogens is 2. The van der Waals surface area contributed by atoms with Crippen molar-refractivity contribution in [1.82, 2.24) is 9.97 Å². The molecule has 0 spiro atoms. The van der Waals surface area contributed by atoms with Crippen LogP contribution in [0.2, 0.25) is 0 Å². The Balaban J connectivity index is 1.96. The second kappa shape index (κ2) is 5.96. The molecule has 0 saturated carbocycles. The molecule has 0 atom stereocenters. The van der Waals surface area contributed by atoms with Gasteiger partial charge in [-0.3, -0.25) is 0 Å². The van der Waals surface area contributed by atoms with E-state index in [1.807, 2.05) is 0 Å². The number of aryl methyl sites for hydroxylation is 1. The summed E-state index contributed by atoms with van der Waals surface area (Å²) in [6.07, 6.45) is 6.35. The number of imidazole rings is 1. The minimum atomic E-state index is -3.30. The molecule has 0 amide bonds. The highest BCUT2D eigenvalue weighted by atomic mass is 32.2. The van der Waals surface area contributed by atoms with Gasteiger partial charge in [-0.05, 0) is 18.6 Å². The average Bonchev–Trinajstić information content (AvgIpc) is 2.88. The van der Waals surface area contributed by atoms with E-state index >= 15 is 0 Å². The Morgan fingerprint density at radius 2 is 2.20 bits per heavy atom. The molecule has 20 heavy (non-hydrogen) atoms. The summed E-state index contributed by atoms with van der Waals surface area (Å²) in [6.45, 7) is 0.693. The summed E-state index contributed by atoms with van der Waals surface area (Å²) in [5.41, 5.74) is 6.80. The smallest absolute Gasteiger partial charge is 0.177 e. The largest absolute Gasteiger partial charge is 0.396 e. The van der Waals surface area contributed by atoms with E-state index in [0.717, 1.165) is 24.9 Å². The van der Waals surface area contributed by atoms with Crippen molar-refractivity contribution in [1.29, 1.82) is 0 Å². The lowest BCUT2D eigenvalue weighted by atomic mass is 10.2. The molecule has 0 fully saturated rings. The molecule has 0 aliphatic carbocycles. The van der Waals surface area contributed by atoms with Gasteiger partial charge in [0.15, 0.2) is 9.84 Å². The van der Waals surface area contributed by atoms with Crippen LogP contribution in [0, 0.1) is 0 Å². The summed E-state index contributed by atoms with van der Waals surface area (Å²) in [5.74, 6) is 0.935. The van der Waals surface area contributed by atoms with Crippen LogP contribution in [0.5, 0.6) is 0 Å². The lowest BCUT2D eigenvalue weighted by Gasteiger charge is -2.11. The average molecular weight is 294 g/mol. The number of nitrogens with two attached hydrogens (primary N) is 1. The molecule has 0 bridgehead atoms. The number of nitrogens with one attached hydrogen (secondary N) is 2. The van der Waals surface area contributed by atoms with E-state index in [1.54, 1.807) is 24.5 Å². The second-order valence-electron chi connectivity index (χ2n) is 4.56. The van der Waals surface area contributed by atoms with E-state index in [-0.39, 0.29) is 10.6 Å². The maximum Gasteiger partial charge on any atom is 0.177 e. The molecule has 6 nitrogen and oxygen atoms in total. The van der Waals surface area contributed by atoms with Crippen molar-refractivity contribution < 1.29 is 8.42 Å². The van der Waals surface area contributed by atoms with Gasteiger partial charge in [-0.15, -0.1) is 0 Å². The van der Waals surface area contributed by atoms with Gasteiger partial charge < -0.3 is 16.0 Å². The number of nitrogen functional groups attached to an aromatic ring is 1. The molecule has 0 radical (unpaired) electrons. The van der Waals surface area contributed by atoms with Crippen molar-refractivity contribution in [3.05, 3.63) is 36.4 Å².